The smallest absolute Gasteiger partial charge is 0.251 e. The highest BCUT2D eigenvalue weighted by molar-refractivity contribution is 5.96. The molecular formula is C20H18N2O2. The molecule has 0 aliphatic heterocycles. The zero-order chi connectivity index (χ0) is 16.8. The van der Waals surface area contributed by atoms with Gasteiger partial charge in [-0.3, -0.25) is 9.78 Å². The minimum Gasteiger partial charge on any atom is -0.496 e. The second kappa shape index (κ2) is 7.42. The van der Waals surface area contributed by atoms with Gasteiger partial charge < -0.3 is 10.1 Å². The van der Waals surface area contributed by atoms with Gasteiger partial charge in [0, 0.05) is 17.3 Å². The van der Waals surface area contributed by atoms with Gasteiger partial charge in [-0.2, -0.15) is 0 Å². The van der Waals surface area contributed by atoms with E-state index in [0.29, 0.717) is 12.1 Å². The van der Waals surface area contributed by atoms with Gasteiger partial charge in [-0.1, -0.05) is 36.4 Å². The van der Waals surface area contributed by atoms with E-state index in [1.54, 1.807) is 19.4 Å². The van der Waals surface area contributed by atoms with Crippen molar-refractivity contribution in [2.45, 2.75) is 6.54 Å². The number of hydrogen-bond donors (Lipinski definition) is 1. The van der Waals surface area contributed by atoms with Crippen molar-refractivity contribution in [2.24, 2.45) is 0 Å². The summed E-state index contributed by atoms with van der Waals surface area (Å²) in [5, 5.41) is 2.89. The van der Waals surface area contributed by atoms with Crippen molar-refractivity contribution in [1.29, 1.82) is 0 Å². The molecule has 0 saturated heterocycles. The van der Waals surface area contributed by atoms with Crippen molar-refractivity contribution in [3.8, 4) is 16.9 Å². The molecule has 0 radical (unpaired) electrons. The fraction of sp³-hybridized carbons (Fsp3) is 0.100. The van der Waals surface area contributed by atoms with Crippen molar-refractivity contribution in [3.05, 3.63) is 84.2 Å². The molecule has 0 saturated carbocycles. The van der Waals surface area contributed by atoms with Crippen LogP contribution >= 0.6 is 0 Å². The van der Waals surface area contributed by atoms with Crippen molar-refractivity contribution < 1.29 is 9.53 Å². The van der Waals surface area contributed by atoms with Crippen molar-refractivity contribution in [3.63, 3.8) is 0 Å². The standard InChI is InChI=1S/C20H18N2O2/c1-24-19-11-10-16(13-18(19)15-7-3-2-4-8-15)20(23)22-14-17-9-5-6-12-21-17/h2-13H,14H2,1H3,(H,22,23). The molecule has 1 aromatic heterocycles. The Labute approximate surface area is 141 Å². The molecular weight excluding hydrogens is 300 g/mol. The Morgan fingerprint density at radius 3 is 2.54 bits per heavy atom. The Hall–Kier alpha value is -3.14. The van der Waals surface area contributed by atoms with Crippen LogP contribution in [-0.2, 0) is 6.54 Å². The van der Waals surface area contributed by atoms with Gasteiger partial charge in [0.1, 0.15) is 5.75 Å². The van der Waals surface area contributed by atoms with Crippen LogP contribution < -0.4 is 10.1 Å². The fourth-order valence-electron chi connectivity index (χ4n) is 2.47. The van der Waals surface area contributed by atoms with E-state index in [-0.39, 0.29) is 5.91 Å². The number of nitrogens with one attached hydrogen (secondary N) is 1. The molecule has 0 bridgehead atoms. The zero-order valence-corrected chi connectivity index (χ0v) is 13.4. The first kappa shape index (κ1) is 15.7. The van der Waals surface area contributed by atoms with Crippen LogP contribution in [0.25, 0.3) is 11.1 Å². The van der Waals surface area contributed by atoms with Crippen LogP contribution in [0.1, 0.15) is 16.1 Å². The summed E-state index contributed by atoms with van der Waals surface area (Å²) < 4.78 is 5.42. The first-order chi connectivity index (χ1) is 11.8. The first-order valence-electron chi connectivity index (χ1n) is 7.69. The number of pyridine rings is 1. The Balaban J connectivity index is 1.82. The predicted molar refractivity (Wildman–Crippen MR) is 93.8 cm³/mol. The Morgan fingerprint density at radius 2 is 1.83 bits per heavy atom. The maximum Gasteiger partial charge on any atom is 0.251 e. The molecule has 0 atom stereocenters. The molecule has 4 heteroatoms. The Bertz CT molecular complexity index is 818. The number of carbonyl (C=O) groups excluding carboxylic acids is 1. The molecule has 1 N–H and O–H groups in total. The number of aromatic nitrogens is 1. The van der Waals surface area contributed by atoms with Crippen LogP contribution in [0.3, 0.4) is 0 Å². The topological polar surface area (TPSA) is 51.2 Å². The lowest BCUT2D eigenvalue weighted by Gasteiger charge is -2.11. The van der Waals surface area contributed by atoms with Crippen LogP contribution in [0.2, 0.25) is 0 Å². The molecule has 1 heterocycles. The average molecular weight is 318 g/mol. The minimum absolute atomic E-state index is 0.138. The number of hydrogen-bond acceptors (Lipinski definition) is 3. The normalized spacial score (nSPS) is 10.2. The van der Waals surface area contributed by atoms with E-state index < -0.39 is 0 Å². The van der Waals surface area contributed by atoms with Crippen molar-refractivity contribution in [2.75, 3.05) is 7.11 Å². The zero-order valence-electron chi connectivity index (χ0n) is 13.4. The summed E-state index contributed by atoms with van der Waals surface area (Å²) in [4.78, 5) is 16.6. The highest BCUT2D eigenvalue weighted by Crippen LogP contribution is 2.30. The summed E-state index contributed by atoms with van der Waals surface area (Å²) in [6, 6.07) is 20.9. The van der Waals surface area contributed by atoms with E-state index in [2.05, 4.69) is 10.3 Å². The summed E-state index contributed by atoms with van der Waals surface area (Å²) in [6.45, 7) is 0.395. The molecule has 0 spiro atoms. The maximum absolute atomic E-state index is 12.4. The molecule has 120 valence electrons. The number of nitrogens with zero attached hydrogens (tertiary/aromatic N) is 1. The lowest BCUT2D eigenvalue weighted by atomic mass is 10.0. The van der Waals surface area contributed by atoms with Gasteiger partial charge in [0.2, 0.25) is 0 Å². The van der Waals surface area contributed by atoms with E-state index in [4.69, 9.17) is 4.74 Å². The van der Waals surface area contributed by atoms with Crippen LogP contribution in [0.5, 0.6) is 5.75 Å². The molecule has 0 aliphatic carbocycles. The number of carbonyl (C=O) groups is 1. The first-order valence-corrected chi connectivity index (χ1v) is 7.69. The monoisotopic (exact) mass is 318 g/mol. The third-order valence-electron chi connectivity index (χ3n) is 3.70. The fourth-order valence-corrected chi connectivity index (χ4v) is 2.47. The highest BCUT2D eigenvalue weighted by Gasteiger charge is 2.11. The van der Waals surface area contributed by atoms with Crippen LogP contribution in [0, 0.1) is 0 Å². The molecule has 2 aromatic carbocycles. The van der Waals surface area contributed by atoms with E-state index in [1.807, 2.05) is 60.7 Å². The average Bonchev–Trinajstić information content (AvgIpc) is 2.67. The molecule has 4 nitrogen and oxygen atoms in total. The highest BCUT2D eigenvalue weighted by atomic mass is 16.5. The molecule has 0 fully saturated rings. The number of ether oxygens (including phenoxy) is 1. The lowest BCUT2D eigenvalue weighted by Crippen LogP contribution is -2.23. The third-order valence-corrected chi connectivity index (χ3v) is 3.70. The number of amides is 1. The predicted octanol–water partition coefficient (Wildman–Crippen LogP) is 3.69. The molecule has 3 rings (SSSR count). The maximum atomic E-state index is 12.4. The van der Waals surface area contributed by atoms with Gasteiger partial charge in [-0.05, 0) is 35.9 Å². The van der Waals surface area contributed by atoms with Crippen LogP contribution in [0.4, 0.5) is 0 Å². The van der Waals surface area contributed by atoms with Crippen molar-refractivity contribution >= 4 is 5.91 Å². The largest absolute Gasteiger partial charge is 0.496 e. The molecule has 0 aliphatic rings. The number of methoxy groups -OCH3 is 1. The van der Waals surface area contributed by atoms with Crippen LogP contribution in [0.15, 0.2) is 72.9 Å². The second-order valence-corrected chi connectivity index (χ2v) is 5.28. The number of benzene rings is 2. The molecule has 0 unspecified atom stereocenters. The summed E-state index contributed by atoms with van der Waals surface area (Å²) in [5.74, 6) is 0.600. The van der Waals surface area contributed by atoms with E-state index in [9.17, 15) is 4.79 Å². The quantitative estimate of drug-likeness (QED) is 0.780. The van der Waals surface area contributed by atoms with Gasteiger partial charge in [-0.15, -0.1) is 0 Å². The van der Waals surface area contributed by atoms with Crippen molar-refractivity contribution in [1.82, 2.24) is 10.3 Å². The van der Waals surface area contributed by atoms with E-state index >= 15 is 0 Å². The lowest BCUT2D eigenvalue weighted by molar-refractivity contribution is 0.0950. The summed E-state index contributed by atoms with van der Waals surface area (Å²) >= 11 is 0. The summed E-state index contributed by atoms with van der Waals surface area (Å²) in [5.41, 5.74) is 3.31. The molecule has 3 aromatic rings. The summed E-state index contributed by atoms with van der Waals surface area (Å²) in [6.07, 6.45) is 1.71. The van der Waals surface area contributed by atoms with Crippen LogP contribution in [-0.4, -0.2) is 18.0 Å². The third kappa shape index (κ3) is 3.60. The SMILES string of the molecule is COc1ccc(C(=O)NCc2ccccn2)cc1-c1ccccc1. The van der Waals surface area contributed by atoms with Gasteiger partial charge in [0.05, 0.1) is 19.3 Å². The van der Waals surface area contributed by atoms with Gasteiger partial charge in [0.25, 0.3) is 5.91 Å². The molecule has 1 amide bonds. The number of rotatable bonds is 5. The Morgan fingerprint density at radius 1 is 1.04 bits per heavy atom. The Kier molecular flexibility index (Phi) is 4.87. The summed E-state index contributed by atoms with van der Waals surface area (Å²) in [7, 11) is 1.63. The van der Waals surface area contributed by atoms with E-state index in [0.717, 1.165) is 22.6 Å². The second-order valence-electron chi connectivity index (χ2n) is 5.28. The van der Waals surface area contributed by atoms with Gasteiger partial charge in [-0.25, -0.2) is 0 Å². The van der Waals surface area contributed by atoms with Gasteiger partial charge in [0.15, 0.2) is 0 Å². The van der Waals surface area contributed by atoms with E-state index in [1.165, 1.54) is 0 Å². The minimum atomic E-state index is -0.138. The molecule has 24 heavy (non-hydrogen) atoms. The van der Waals surface area contributed by atoms with Gasteiger partial charge >= 0.3 is 0 Å².